The third-order valence-corrected chi connectivity index (χ3v) is 4.37. The Balaban J connectivity index is 1.57. The molecule has 4 aromatic rings. The quantitative estimate of drug-likeness (QED) is 0.600. The van der Waals surface area contributed by atoms with Crippen LogP contribution in [0, 0.1) is 5.82 Å². The number of carbonyl (C=O) groups is 1. The largest absolute Gasteiger partial charge is 0.298 e. The van der Waals surface area contributed by atoms with Crippen molar-refractivity contribution in [1.29, 1.82) is 0 Å². The zero-order valence-corrected chi connectivity index (χ0v) is 14.0. The number of benzene rings is 2. The predicted octanol–water partition coefficient (Wildman–Crippen LogP) is 3.18. The number of para-hydroxylation sites is 1. The van der Waals surface area contributed by atoms with Crippen molar-refractivity contribution in [3.63, 3.8) is 0 Å². The van der Waals surface area contributed by atoms with Crippen LogP contribution in [0.15, 0.2) is 60.2 Å². The minimum Gasteiger partial charge on any atom is -0.298 e. The molecule has 0 aliphatic heterocycles. The van der Waals surface area contributed by atoms with E-state index in [2.05, 4.69) is 25.8 Å². The molecule has 4 rings (SSSR count). The Morgan fingerprint density at radius 3 is 2.69 bits per heavy atom. The summed E-state index contributed by atoms with van der Waals surface area (Å²) in [7, 11) is 0. The number of halogens is 1. The first-order valence-corrected chi connectivity index (χ1v) is 8.44. The summed E-state index contributed by atoms with van der Waals surface area (Å²) in [6, 6.07) is 13.0. The van der Waals surface area contributed by atoms with Gasteiger partial charge in [-0.1, -0.05) is 12.1 Å². The maximum atomic E-state index is 13.0. The van der Waals surface area contributed by atoms with Crippen LogP contribution in [0.1, 0.15) is 10.4 Å². The molecule has 0 saturated heterocycles. The molecule has 0 spiro atoms. The molecule has 7 nitrogen and oxygen atoms in total. The van der Waals surface area contributed by atoms with Gasteiger partial charge in [-0.15, -0.1) is 16.4 Å². The van der Waals surface area contributed by atoms with Gasteiger partial charge in [-0.25, -0.2) is 9.37 Å². The third kappa shape index (κ3) is 3.20. The highest BCUT2D eigenvalue weighted by Gasteiger charge is 2.15. The van der Waals surface area contributed by atoms with E-state index in [1.165, 1.54) is 34.5 Å². The van der Waals surface area contributed by atoms with Crippen molar-refractivity contribution >= 4 is 22.4 Å². The first-order chi connectivity index (χ1) is 12.7. The second kappa shape index (κ2) is 6.81. The SMILES string of the molecule is O=C(Nc1nc(-c2ccc(F)cc2)cs1)c1ccccc1-n1cnnn1. The van der Waals surface area contributed by atoms with E-state index in [0.717, 1.165) is 5.56 Å². The van der Waals surface area contributed by atoms with Crippen molar-refractivity contribution in [2.75, 3.05) is 5.32 Å². The van der Waals surface area contributed by atoms with Crippen LogP contribution in [-0.4, -0.2) is 31.1 Å². The van der Waals surface area contributed by atoms with Crippen LogP contribution in [0.2, 0.25) is 0 Å². The van der Waals surface area contributed by atoms with Crippen LogP contribution < -0.4 is 5.32 Å². The molecule has 128 valence electrons. The van der Waals surface area contributed by atoms with Gasteiger partial charge in [0.15, 0.2) is 5.13 Å². The molecule has 2 heterocycles. The van der Waals surface area contributed by atoms with Crippen LogP contribution in [0.4, 0.5) is 9.52 Å². The summed E-state index contributed by atoms with van der Waals surface area (Å²) in [6.07, 6.45) is 1.42. The molecule has 9 heteroatoms. The Morgan fingerprint density at radius 1 is 1.12 bits per heavy atom. The molecule has 0 aliphatic rings. The van der Waals surface area contributed by atoms with Crippen LogP contribution >= 0.6 is 11.3 Å². The first kappa shape index (κ1) is 16.0. The van der Waals surface area contributed by atoms with E-state index in [1.54, 1.807) is 41.8 Å². The standard InChI is InChI=1S/C17H11FN6OS/c18-12-7-5-11(6-8-12)14-9-26-17(20-14)21-16(25)13-3-1-2-4-15(13)24-10-19-22-23-24/h1-10H,(H,20,21,25). The highest BCUT2D eigenvalue weighted by Crippen LogP contribution is 2.26. The van der Waals surface area contributed by atoms with Gasteiger partial charge in [0.1, 0.15) is 12.1 Å². The van der Waals surface area contributed by atoms with Crippen molar-refractivity contribution < 1.29 is 9.18 Å². The summed E-state index contributed by atoms with van der Waals surface area (Å²) < 4.78 is 14.4. The Hall–Kier alpha value is -3.46. The number of carbonyl (C=O) groups excluding carboxylic acids is 1. The van der Waals surface area contributed by atoms with Crippen molar-refractivity contribution in [3.8, 4) is 16.9 Å². The molecule has 2 aromatic carbocycles. The maximum absolute atomic E-state index is 13.0. The first-order valence-electron chi connectivity index (χ1n) is 7.56. The Labute approximate surface area is 151 Å². The topological polar surface area (TPSA) is 85.6 Å². The monoisotopic (exact) mass is 366 g/mol. The van der Waals surface area contributed by atoms with E-state index in [-0.39, 0.29) is 11.7 Å². The van der Waals surface area contributed by atoms with E-state index in [9.17, 15) is 9.18 Å². The fourth-order valence-corrected chi connectivity index (χ4v) is 3.10. The number of aromatic nitrogens is 5. The minimum absolute atomic E-state index is 0.309. The van der Waals surface area contributed by atoms with E-state index in [1.807, 2.05) is 0 Å². The number of tetrazole rings is 1. The predicted molar refractivity (Wildman–Crippen MR) is 94.6 cm³/mol. The Kier molecular flexibility index (Phi) is 4.20. The summed E-state index contributed by atoms with van der Waals surface area (Å²) in [5.74, 6) is -0.632. The molecule has 0 bridgehead atoms. The molecule has 26 heavy (non-hydrogen) atoms. The van der Waals surface area contributed by atoms with Gasteiger partial charge in [-0.3, -0.25) is 10.1 Å². The molecule has 2 aromatic heterocycles. The third-order valence-electron chi connectivity index (χ3n) is 3.61. The fourth-order valence-electron chi connectivity index (χ4n) is 2.39. The Morgan fingerprint density at radius 2 is 1.92 bits per heavy atom. The maximum Gasteiger partial charge on any atom is 0.259 e. The molecule has 0 aliphatic carbocycles. The van der Waals surface area contributed by atoms with Crippen LogP contribution in [0.25, 0.3) is 16.9 Å². The number of amides is 1. The number of nitrogens with zero attached hydrogens (tertiary/aromatic N) is 5. The van der Waals surface area contributed by atoms with Crippen molar-refractivity contribution in [1.82, 2.24) is 25.2 Å². The molecule has 0 saturated carbocycles. The number of hydrogen-bond acceptors (Lipinski definition) is 6. The lowest BCUT2D eigenvalue weighted by molar-refractivity contribution is 0.102. The zero-order chi connectivity index (χ0) is 17.9. The Bertz CT molecular complexity index is 1050. The smallest absolute Gasteiger partial charge is 0.259 e. The van der Waals surface area contributed by atoms with Crippen LogP contribution in [-0.2, 0) is 0 Å². The van der Waals surface area contributed by atoms with Crippen molar-refractivity contribution in [3.05, 3.63) is 71.6 Å². The summed E-state index contributed by atoms with van der Waals surface area (Å²) in [5, 5.41) is 16.0. The van der Waals surface area contributed by atoms with Gasteiger partial charge >= 0.3 is 0 Å². The summed E-state index contributed by atoms with van der Waals surface area (Å²) in [6.45, 7) is 0. The average Bonchev–Trinajstić information content (AvgIpc) is 3.34. The molecular formula is C17H11FN6OS. The molecule has 0 fully saturated rings. The van der Waals surface area contributed by atoms with Gasteiger partial charge in [0.25, 0.3) is 5.91 Å². The summed E-state index contributed by atoms with van der Waals surface area (Å²) >= 11 is 1.29. The second-order valence-corrected chi connectivity index (χ2v) is 6.13. The number of hydrogen-bond donors (Lipinski definition) is 1. The van der Waals surface area contributed by atoms with Crippen molar-refractivity contribution in [2.24, 2.45) is 0 Å². The van der Waals surface area contributed by atoms with Gasteiger partial charge in [-0.05, 0) is 46.8 Å². The van der Waals surface area contributed by atoms with Gasteiger partial charge in [0.2, 0.25) is 0 Å². The highest BCUT2D eigenvalue weighted by molar-refractivity contribution is 7.14. The minimum atomic E-state index is -0.323. The normalized spacial score (nSPS) is 10.7. The van der Waals surface area contributed by atoms with Crippen LogP contribution in [0.5, 0.6) is 0 Å². The lowest BCUT2D eigenvalue weighted by atomic mass is 10.1. The summed E-state index contributed by atoms with van der Waals surface area (Å²) in [5.41, 5.74) is 2.42. The average molecular weight is 366 g/mol. The van der Waals surface area contributed by atoms with Crippen LogP contribution in [0.3, 0.4) is 0 Å². The van der Waals surface area contributed by atoms with E-state index in [4.69, 9.17) is 0 Å². The lowest BCUT2D eigenvalue weighted by Gasteiger charge is -2.07. The number of nitrogens with one attached hydrogen (secondary N) is 1. The number of thiazole rings is 1. The molecule has 1 N–H and O–H groups in total. The number of anilines is 1. The second-order valence-electron chi connectivity index (χ2n) is 5.27. The van der Waals surface area contributed by atoms with E-state index >= 15 is 0 Å². The fraction of sp³-hybridized carbons (Fsp3) is 0. The molecule has 0 radical (unpaired) electrons. The molecular weight excluding hydrogens is 355 g/mol. The van der Waals surface area contributed by atoms with E-state index in [0.29, 0.717) is 22.1 Å². The zero-order valence-electron chi connectivity index (χ0n) is 13.2. The lowest BCUT2D eigenvalue weighted by Crippen LogP contribution is -2.15. The van der Waals surface area contributed by atoms with E-state index < -0.39 is 0 Å². The van der Waals surface area contributed by atoms with Gasteiger partial charge in [0.05, 0.1) is 16.9 Å². The highest BCUT2D eigenvalue weighted by atomic mass is 32.1. The molecule has 0 atom stereocenters. The molecule has 0 unspecified atom stereocenters. The van der Waals surface area contributed by atoms with Gasteiger partial charge < -0.3 is 0 Å². The number of rotatable bonds is 4. The molecule has 1 amide bonds. The van der Waals surface area contributed by atoms with Gasteiger partial charge in [-0.2, -0.15) is 4.68 Å². The van der Waals surface area contributed by atoms with Gasteiger partial charge in [0, 0.05) is 10.9 Å². The van der Waals surface area contributed by atoms with Crippen molar-refractivity contribution in [2.45, 2.75) is 0 Å². The summed E-state index contributed by atoms with van der Waals surface area (Å²) in [4.78, 5) is 17.0.